The Balaban J connectivity index is 2.11. The first-order valence-corrected chi connectivity index (χ1v) is 8.04. The number of nitrogens with zero attached hydrogens (tertiary/aromatic N) is 1. The van der Waals surface area contributed by atoms with E-state index >= 15 is 0 Å². The molecule has 0 bridgehead atoms. The highest BCUT2D eigenvalue weighted by atomic mass is 16.5. The van der Waals surface area contributed by atoms with E-state index in [1.165, 1.54) is 0 Å². The molecule has 0 saturated heterocycles. The number of hydrogen-bond donors (Lipinski definition) is 1. The molecule has 2 rings (SSSR count). The molecule has 0 heterocycles. The molecule has 1 amide bonds. The van der Waals surface area contributed by atoms with Gasteiger partial charge in [-0.1, -0.05) is 13.8 Å². The molecule has 1 N–H and O–H groups in total. The molecule has 5 nitrogen and oxygen atoms in total. The topological polar surface area (TPSA) is 71.3 Å². The third-order valence-corrected chi connectivity index (χ3v) is 4.15. The lowest BCUT2D eigenvalue weighted by Crippen LogP contribution is -2.42. The van der Waals surface area contributed by atoms with E-state index < -0.39 is 5.60 Å². The van der Waals surface area contributed by atoms with Crippen LogP contribution in [0.5, 0.6) is 5.75 Å². The van der Waals surface area contributed by atoms with Crippen molar-refractivity contribution in [2.45, 2.75) is 45.1 Å². The Bertz CT molecular complexity index is 599. The van der Waals surface area contributed by atoms with Crippen molar-refractivity contribution in [1.29, 1.82) is 5.26 Å². The minimum Gasteiger partial charge on any atom is -0.492 e. The lowest BCUT2D eigenvalue weighted by atomic mass is 10.0. The largest absolute Gasteiger partial charge is 0.492 e. The molecule has 0 aliphatic heterocycles. The number of anilines is 1. The smallest absolute Gasteiger partial charge is 0.256 e. The fourth-order valence-corrected chi connectivity index (χ4v) is 2.79. The van der Waals surface area contributed by atoms with Crippen molar-refractivity contribution in [2.75, 3.05) is 19.0 Å². The van der Waals surface area contributed by atoms with Gasteiger partial charge in [-0.2, -0.15) is 5.26 Å². The van der Waals surface area contributed by atoms with E-state index in [2.05, 4.69) is 11.4 Å². The first-order valence-electron chi connectivity index (χ1n) is 8.04. The zero-order valence-electron chi connectivity index (χ0n) is 14.0. The summed E-state index contributed by atoms with van der Waals surface area (Å²) < 4.78 is 11.1. The Morgan fingerprint density at radius 2 is 2.09 bits per heavy atom. The molecule has 1 fully saturated rings. The van der Waals surface area contributed by atoms with Crippen LogP contribution in [0.1, 0.15) is 45.1 Å². The fraction of sp³-hybridized carbons (Fsp3) is 0.556. The van der Waals surface area contributed by atoms with E-state index in [9.17, 15) is 10.1 Å². The second-order valence-corrected chi connectivity index (χ2v) is 6.39. The Hall–Kier alpha value is -2.06. The summed E-state index contributed by atoms with van der Waals surface area (Å²) in [6, 6.07) is 7.25. The zero-order valence-corrected chi connectivity index (χ0v) is 14.0. The summed E-state index contributed by atoms with van der Waals surface area (Å²) in [5.41, 5.74) is 0.271. The number of hydrogen-bond acceptors (Lipinski definition) is 4. The number of nitriles is 1. The van der Waals surface area contributed by atoms with Crippen LogP contribution in [0.15, 0.2) is 18.2 Å². The molecule has 1 aliphatic carbocycles. The molecule has 124 valence electrons. The molecule has 23 heavy (non-hydrogen) atoms. The van der Waals surface area contributed by atoms with Crippen LogP contribution in [0.2, 0.25) is 0 Å². The number of carbonyl (C=O) groups excluding carboxylic acids is 1. The van der Waals surface area contributed by atoms with E-state index in [0.717, 1.165) is 25.7 Å². The molecule has 5 heteroatoms. The van der Waals surface area contributed by atoms with Gasteiger partial charge in [-0.25, -0.2) is 0 Å². The van der Waals surface area contributed by atoms with E-state index in [1.54, 1.807) is 25.3 Å². The minimum absolute atomic E-state index is 0.141. The Morgan fingerprint density at radius 1 is 1.39 bits per heavy atom. The third kappa shape index (κ3) is 4.02. The Kier molecular flexibility index (Phi) is 5.62. The number of carbonyl (C=O) groups is 1. The van der Waals surface area contributed by atoms with Crippen molar-refractivity contribution in [1.82, 2.24) is 0 Å². The maximum atomic E-state index is 12.5. The number of amides is 1. The molecule has 1 saturated carbocycles. The van der Waals surface area contributed by atoms with Crippen molar-refractivity contribution >= 4 is 11.6 Å². The van der Waals surface area contributed by atoms with Gasteiger partial charge in [-0.15, -0.1) is 0 Å². The Morgan fingerprint density at radius 3 is 2.65 bits per heavy atom. The van der Waals surface area contributed by atoms with Gasteiger partial charge in [-0.3, -0.25) is 4.79 Å². The SMILES string of the molecule is COC1(C(=O)Nc2ccc(OCC(C)C)c(C#N)c2)CCCC1. The highest BCUT2D eigenvalue weighted by Gasteiger charge is 2.41. The highest BCUT2D eigenvalue weighted by Crippen LogP contribution is 2.34. The molecular weight excluding hydrogens is 292 g/mol. The van der Waals surface area contributed by atoms with Gasteiger partial charge < -0.3 is 14.8 Å². The van der Waals surface area contributed by atoms with Gasteiger partial charge in [0.25, 0.3) is 5.91 Å². The average Bonchev–Trinajstić information content (AvgIpc) is 3.03. The maximum Gasteiger partial charge on any atom is 0.256 e. The number of ether oxygens (including phenoxy) is 2. The van der Waals surface area contributed by atoms with Gasteiger partial charge in [-0.05, 0) is 49.8 Å². The lowest BCUT2D eigenvalue weighted by molar-refractivity contribution is -0.136. The normalized spacial score (nSPS) is 16.1. The predicted molar refractivity (Wildman–Crippen MR) is 88.3 cm³/mol. The van der Waals surface area contributed by atoms with Crippen LogP contribution in [0.3, 0.4) is 0 Å². The summed E-state index contributed by atoms with van der Waals surface area (Å²) in [4.78, 5) is 12.5. The summed E-state index contributed by atoms with van der Waals surface area (Å²) in [5, 5.41) is 12.2. The summed E-state index contributed by atoms with van der Waals surface area (Å²) in [6.45, 7) is 4.64. The van der Waals surface area contributed by atoms with Gasteiger partial charge in [0.15, 0.2) is 0 Å². The quantitative estimate of drug-likeness (QED) is 0.872. The first kappa shape index (κ1) is 17.3. The maximum absolute atomic E-state index is 12.5. The highest BCUT2D eigenvalue weighted by molar-refractivity contribution is 5.97. The van der Waals surface area contributed by atoms with Crippen LogP contribution in [-0.2, 0) is 9.53 Å². The summed E-state index contributed by atoms with van der Waals surface area (Å²) in [7, 11) is 1.58. The van der Waals surface area contributed by atoms with Crippen molar-refractivity contribution in [3.05, 3.63) is 23.8 Å². The molecule has 1 aromatic carbocycles. The molecule has 0 aromatic heterocycles. The van der Waals surface area contributed by atoms with Crippen molar-refractivity contribution in [3.8, 4) is 11.8 Å². The summed E-state index contributed by atoms with van der Waals surface area (Å²) in [6.07, 6.45) is 3.45. The van der Waals surface area contributed by atoms with Crippen molar-refractivity contribution in [2.24, 2.45) is 5.92 Å². The molecule has 1 aliphatic rings. The number of nitrogens with one attached hydrogen (secondary N) is 1. The molecule has 0 unspecified atom stereocenters. The van der Waals surface area contributed by atoms with Crippen LogP contribution in [0.4, 0.5) is 5.69 Å². The van der Waals surface area contributed by atoms with E-state index in [4.69, 9.17) is 9.47 Å². The van der Waals surface area contributed by atoms with E-state index in [-0.39, 0.29) is 5.91 Å². The third-order valence-electron chi connectivity index (χ3n) is 4.15. The zero-order chi connectivity index (χ0) is 16.9. The summed E-state index contributed by atoms with van der Waals surface area (Å²) in [5.74, 6) is 0.781. The number of methoxy groups -OCH3 is 1. The number of benzene rings is 1. The van der Waals surface area contributed by atoms with Gasteiger partial charge in [0, 0.05) is 12.8 Å². The predicted octanol–water partition coefficient (Wildman–Crippen LogP) is 3.49. The van der Waals surface area contributed by atoms with Gasteiger partial charge in [0.2, 0.25) is 0 Å². The van der Waals surface area contributed by atoms with Crippen LogP contribution < -0.4 is 10.1 Å². The van der Waals surface area contributed by atoms with Crippen LogP contribution in [0.25, 0.3) is 0 Å². The lowest BCUT2D eigenvalue weighted by Gasteiger charge is -2.26. The van der Waals surface area contributed by atoms with Crippen molar-refractivity contribution < 1.29 is 14.3 Å². The van der Waals surface area contributed by atoms with Crippen LogP contribution in [-0.4, -0.2) is 25.2 Å². The molecule has 0 spiro atoms. The van der Waals surface area contributed by atoms with Gasteiger partial charge >= 0.3 is 0 Å². The van der Waals surface area contributed by atoms with Gasteiger partial charge in [0.05, 0.1) is 12.2 Å². The molecule has 0 radical (unpaired) electrons. The fourth-order valence-electron chi connectivity index (χ4n) is 2.79. The van der Waals surface area contributed by atoms with Crippen molar-refractivity contribution in [3.63, 3.8) is 0 Å². The molecule has 1 aromatic rings. The van der Waals surface area contributed by atoms with Crippen LogP contribution in [0, 0.1) is 17.2 Å². The average molecular weight is 316 g/mol. The monoisotopic (exact) mass is 316 g/mol. The first-order chi connectivity index (χ1) is 11.0. The van der Waals surface area contributed by atoms with Gasteiger partial charge in [0.1, 0.15) is 17.4 Å². The van der Waals surface area contributed by atoms with E-state index in [1.807, 2.05) is 13.8 Å². The summed E-state index contributed by atoms with van der Waals surface area (Å²) >= 11 is 0. The van der Waals surface area contributed by atoms with E-state index in [0.29, 0.717) is 29.5 Å². The second kappa shape index (κ2) is 7.47. The molecule has 0 atom stereocenters. The number of rotatable bonds is 6. The minimum atomic E-state index is -0.736. The molecular formula is C18H24N2O3. The second-order valence-electron chi connectivity index (χ2n) is 6.39. The standard InChI is InChI=1S/C18H24N2O3/c1-13(2)12-23-16-7-6-15(10-14(16)11-19)20-17(21)18(22-3)8-4-5-9-18/h6-7,10,13H,4-5,8-9,12H2,1-3H3,(H,20,21). The Labute approximate surface area is 137 Å². The van der Waals surface area contributed by atoms with Crippen LogP contribution >= 0.6 is 0 Å².